The summed E-state index contributed by atoms with van der Waals surface area (Å²) in [4.78, 5) is 11.9. The van der Waals surface area contributed by atoms with Crippen molar-refractivity contribution < 1.29 is 15.0 Å². The summed E-state index contributed by atoms with van der Waals surface area (Å²) in [5.74, 6) is -0.932. The van der Waals surface area contributed by atoms with Crippen LogP contribution >= 0.6 is 0 Å². The molecule has 2 aromatic carbocycles. The standard InChI is InChI=1S/C32H46O3/c1-12-30(6,7)22-15-16-24(21(5)29(34)35)25(17-22)20(4)26-18-23(31(8,9)13-2)19-27(28(26)33)32(10,11)14-3/h15-20,33H,5,12-14H2,1-4,6-11H3,(H,34,35). The molecule has 2 N–H and O–H groups in total. The Kier molecular flexibility index (Phi) is 8.37. The predicted molar refractivity (Wildman–Crippen MR) is 149 cm³/mol. The van der Waals surface area contributed by atoms with Crippen molar-refractivity contribution in [1.82, 2.24) is 0 Å². The number of phenolic OH excluding ortho intramolecular Hbond substituents is 1. The van der Waals surface area contributed by atoms with E-state index in [0.29, 0.717) is 11.3 Å². The van der Waals surface area contributed by atoms with Crippen LogP contribution in [0.2, 0.25) is 0 Å². The minimum Gasteiger partial charge on any atom is -0.507 e. The summed E-state index contributed by atoms with van der Waals surface area (Å²) in [5.41, 5.74) is 5.42. The van der Waals surface area contributed by atoms with Gasteiger partial charge < -0.3 is 10.2 Å². The van der Waals surface area contributed by atoms with Crippen LogP contribution in [0, 0.1) is 0 Å². The first-order valence-electron chi connectivity index (χ1n) is 13.0. The second-order valence-electron chi connectivity index (χ2n) is 12.0. The molecule has 1 atom stereocenters. The van der Waals surface area contributed by atoms with Crippen molar-refractivity contribution in [3.05, 3.63) is 70.3 Å². The number of aliphatic carboxylic acids is 1. The number of aromatic hydroxyl groups is 1. The molecule has 0 aliphatic carbocycles. The van der Waals surface area contributed by atoms with Crippen LogP contribution < -0.4 is 0 Å². The van der Waals surface area contributed by atoms with E-state index in [0.717, 1.165) is 41.5 Å². The molecule has 0 saturated heterocycles. The number of benzene rings is 2. The molecule has 0 spiro atoms. The topological polar surface area (TPSA) is 57.5 Å². The third kappa shape index (κ3) is 5.66. The lowest BCUT2D eigenvalue weighted by molar-refractivity contribution is -0.130. The van der Waals surface area contributed by atoms with Gasteiger partial charge in [-0.3, -0.25) is 0 Å². The van der Waals surface area contributed by atoms with Crippen molar-refractivity contribution in [2.24, 2.45) is 0 Å². The van der Waals surface area contributed by atoms with Crippen LogP contribution in [0.25, 0.3) is 5.57 Å². The van der Waals surface area contributed by atoms with E-state index in [1.165, 1.54) is 5.56 Å². The Morgan fingerprint density at radius 3 is 1.80 bits per heavy atom. The molecule has 3 heteroatoms. The molecule has 3 nitrogen and oxygen atoms in total. The molecule has 35 heavy (non-hydrogen) atoms. The van der Waals surface area contributed by atoms with Crippen LogP contribution in [0.15, 0.2) is 36.9 Å². The van der Waals surface area contributed by atoms with E-state index in [1.807, 2.05) is 12.1 Å². The maximum atomic E-state index is 11.9. The summed E-state index contributed by atoms with van der Waals surface area (Å²) in [7, 11) is 0. The molecule has 0 bridgehead atoms. The van der Waals surface area contributed by atoms with Gasteiger partial charge in [0.1, 0.15) is 5.75 Å². The maximum absolute atomic E-state index is 11.9. The second-order valence-corrected chi connectivity index (χ2v) is 12.0. The minimum absolute atomic E-state index is 0.0546. The van der Waals surface area contributed by atoms with Crippen LogP contribution in [0.3, 0.4) is 0 Å². The summed E-state index contributed by atoms with van der Waals surface area (Å²) in [6, 6.07) is 10.3. The first kappa shape index (κ1) is 28.7. The van der Waals surface area contributed by atoms with Crippen LogP contribution in [0.5, 0.6) is 5.75 Å². The molecule has 0 aliphatic rings. The van der Waals surface area contributed by atoms with E-state index in [4.69, 9.17) is 0 Å². The zero-order chi connectivity index (χ0) is 26.9. The number of carbonyl (C=O) groups is 1. The smallest absolute Gasteiger partial charge is 0.335 e. The summed E-state index contributed by atoms with van der Waals surface area (Å²) >= 11 is 0. The number of hydrogen-bond donors (Lipinski definition) is 2. The molecule has 0 aromatic heterocycles. The van der Waals surface area contributed by atoms with E-state index >= 15 is 0 Å². The molecule has 2 aromatic rings. The van der Waals surface area contributed by atoms with E-state index < -0.39 is 5.97 Å². The first-order valence-corrected chi connectivity index (χ1v) is 13.0. The normalized spacial score (nSPS) is 13.5. The number of carboxylic acids is 1. The summed E-state index contributed by atoms with van der Waals surface area (Å²) in [6.07, 6.45) is 2.82. The summed E-state index contributed by atoms with van der Waals surface area (Å²) in [6.45, 7) is 25.6. The molecule has 0 heterocycles. The molecular formula is C32H46O3. The zero-order valence-corrected chi connectivity index (χ0v) is 23.6. The molecule has 0 saturated carbocycles. The fourth-order valence-corrected chi connectivity index (χ4v) is 4.39. The molecule has 1 unspecified atom stereocenters. The van der Waals surface area contributed by atoms with Crippen molar-refractivity contribution in [3.63, 3.8) is 0 Å². The minimum atomic E-state index is -1.03. The molecule has 0 amide bonds. The Hall–Kier alpha value is -2.55. The van der Waals surface area contributed by atoms with Gasteiger partial charge in [-0.25, -0.2) is 4.79 Å². The molecular weight excluding hydrogens is 432 g/mol. The zero-order valence-electron chi connectivity index (χ0n) is 23.6. The highest BCUT2D eigenvalue weighted by atomic mass is 16.4. The Balaban J connectivity index is 2.92. The predicted octanol–water partition coefficient (Wildman–Crippen LogP) is 8.70. The lowest BCUT2D eigenvalue weighted by Gasteiger charge is -2.32. The van der Waals surface area contributed by atoms with Gasteiger partial charge in [-0.15, -0.1) is 0 Å². The maximum Gasteiger partial charge on any atom is 0.335 e. The molecule has 2 rings (SSSR count). The third-order valence-electron chi connectivity index (χ3n) is 8.65. The largest absolute Gasteiger partial charge is 0.507 e. The lowest BCUT2D eigenvalue weighted by atomic mass is 9.73. The molecule has 0 fully saturated rings. The summed E-state index contributed by atoms with van der Waals surface area (Å²) in [5, 5.41) is 21.4. The van der Waals surface area contributed by atoms with Crippen LogP contribution in [-0.2, 0) is 21.0 Å². The average molecular weight is 479 g/mol. The van der Waals surface area contributed by atoms with Gasteiger partial charge in [0, 0.05) is 17.0 Å². The van der Waals surface area contributed by atoms with E-state index in [1.54, 1.807) is 0 Å². The van der Waals surface area contributed by atoms with E-state index in [-0.39, 0.29) is 27.7 Å². The van der Waals surface area contributed by atoms with Crippen molar-refractivity contribution in [1.29, 1.82) is 0 Å². The van der Waals surface area contributed by atoms with E-state index in [9.17, 15) is 15.0 Å². The third-order valence-corrected chi connectivity index (χ3v) is 8.65. The van der Waals surface area contributed by atoms with Crippen molar-refractivity contribution in [2.45, 2.75) is 111 Å². The Morgan fingerprint density at radius 2 is 1.31 bits per heavy atom. The van der Waals surface area contributed by atoms with Gasteiger partial charge in [-0.05, 0) is 57.8 Å². The highest BCUT2D eigenvalue weighted by Gasteiger charge is 2.31. The second kappa shape index (κ2) is 10.2. The Labute approximate surface area is 213 Å². The molecule has 192 valence electrons. The van der Waals surface area contributed by atoms with Crippen molar-refractivity contribution in [2.75, 3.05) is 0 Å². The Bertz CT molecular complexity index is 1100. The first-order chi connectivity index (χ1) is 16.0. The highest BCUT2D eigenvalue weighted by molar-refractivity contribution is 6.15. The fourth-order valence-electron chi connectivity index (χ4n) is 4.39. The highest BCUT2D eigenvalue weighted by Crippen LogP contribution is 2.45. The van der Waals surface area contributed by atoms with Gasteiger partial charge in [0.2, 0.25) is 0 Å². The van der Waals surface area contributed by atoms with Crippen LogP contribution in [-0.4, -0.2) is 16.2 Å². The summed E-state index contributed by atoms with van der Waals surface area (Å²) < 4.78 is 0. The lowest BCUT2D eigenvalue weighted by Crippen LogP contribution is -2.22. The number of hydrogen-bond acceptors (Lipinski definition) is 2. The van der Waals surface area contributed by atoms with Crippen LogP contribution in [0.1, 0.15) is 128 Å². The quantitative estimate of drug-likeness (QED) is 0.336. The average Bonchev–Trinajstić information content (AvgIpc) is 2.82. The van der Waals surface area contributed by atoms with Gasteiger partial charge in [0.05, 0.1) is 5.57 Å². The SMILES string of the molecule is C=C(C(=O)O)c1ccc(C(C)(C)CC)cc1C(C)c1cc(C(C)(C)CC)cc(C(C)(C)CC)c1O. The van der Waals surface area contributed by atoms with Crippen molar-refractivity contribution >= 4 is 11.5 Å². The van der Waals surface area contributed by atoms with Gasteiger partial charge in [-0.2, -0.15) is 0 Å². The Morgan fingerprint density at radius 1 is 0.829 bits per heavy atom. The molecule has 0 radical (unpaired) electrons. The van der Waals surface area contributed by atoms with Gasteiger partial charge >= 0.3 is 5.97 Å². The van der Waals surface area contributed by atoms with E-state index in [2.05, 4.69) is 94.0 Å². The number of rotatable bonds is 10. The molecule has 0 aliphatic heterocycles. The monoisotopic (exact) mass is 478 g/mol. The fraction of sp³-hybridized carbons (Fsp3) is 0.531. The van der Waals surface area contributed by atoms with Crippen molar-refractivity contribution in [3.8, 4) is 5.75 Å². The number of carboxylic acid groups (broad SMARTS) is 1. The van der Waals surface area contributed by atoms with Crippen LogP contribution in [0.4, 0.5) is 0 Å². The van der Waals surface area contributed by atoms with Gasteiger partial charge in [0.15, 0.2) is 0 Å². The number of phenols is 1. The van der Waals surface area contributed by atoms with Gasteiger partial charge in [0.25, 0.3) is 0 Å². The van der Waals surface area contributed by atoms with Gasteiger partial charge in [-0.1, -0.05) is 106 Å².